The number of allylic oxidation sites excluding steroid dienone is 1. The monoisotopic (exact) mass is 443 g/mol. The van der Waals surface area contributed by atoms with Crippen LogP contribution in [0.25, 0.3) is 11.3 Å². The SMILES string of the molecule is Cc1cccc(NC(=O)Nc2cccc(C(C=NC(C)(C)C)=C(N)c3ccnc(N)n3)c2)c1. The van der Waals surface area contributed by atoms with Crippen molar-refractivity contribution in [3.8, 4) is 0 Å². The summed E-state index contributed by atoms with van der Waals surface area (Å²) >= 11 is 0. The van der Waals surface area contributed by atoms with Crippen LogP contribution in [0.2, 0.25) is 0 Å². The third-order valence-corrected chi connectivity index (χ3v) is 4.53. The molecule has 33 heavy (non-hydrogen) atoms. The van der Waals surface area contributed by atoms with Gasteiger partial charge in [0, 0.05) is 29.4 Å². The van der Waals surface area contributed by atoms with E-state index in [0.29, 0.717) is 28.3 Å². The van der Waals surface area contributed by atoms with Crippen LogP contribution >= 0.6 is 0 Å². The van der Waals surface area contributed by atoms with Crippen molar-refractivity contribution in [1.82, 2.24) is 9.97 Å². The number of carbonyl (C=O) groups excluding carboxylic acids is 1. The number of anilines is 3. The Kier molecular flexibility index (Phi) is 7.07. The van der Waals surface area contributed by atoms with E-state index in [-0.39, 0.29) is 17.5 Å². The molecule has 0 unspecified atom stereocenters. The van der Waals surface area contributed by atoms with Gasteiger partial charge >= 0.3 is 6.03 Å². The summed E-state index contributed by atoms with van der Waals surface area (Å²) in [6.45, 7) is 7.95. The number of aromatic nitrogens is 2. The lowest BCUT2D eigenvalue weighted by molar-refractivity contribution is 0.262. The average Bonchev–Trinajstić information content (AvgIpc) is 2.73. The van der Waals surface area contributed by atoms with E-state index in [1.54, 1.807) is 24.5 Å². The molecule has 0 aliphatic carbocycles. The lowest BCUT2D eigenvalue weighted by Crippen LogP contribution is -2.19. The van der Waals surface area contributed by atoms with Crippen LogP contribution in [-0.4, -0.2) is 27.8 Å². The normalized spacial score (nSPS) is 12.4. The molecule has 0 radical (unpaired) electrons. The van der Waals surface area contributed by atoms with Crippen LogP contribution in [0.5, 0.6) is 0 Å². The van der Waals surface area contributed by atoms with Crippen LogP contribution in [0.15, 0.2) is 65.8 Å². The number of aliphatic imine (C=N–C) groups is 1. The van der Waals surface area contributed by atoms with Crippen molar-refractivity contribution >= 4 is 40.8 Å². The molecule has 0 aliphatic heterocycles. The van der Waals surface area contributed by atoms with Crippen molar-refractivity contribution in [3.05, 3.63) is 77.6 Å². The average molecular weight is 444 g/mol. The van der Waals surface area contributed by atoms with E-state index in [1.165, 1.54) is 0 Å². The maximum absolute atomic E-state index is 12.5. The number of amides is 2. The number of carbonyl (C=O) groups is 1. The standard InChI is InChI=1S/C25H29N7O/c1-16-7-5-9-18(13-16)30-24(33)31-19-10-6-8-17(14-19)20(15-29-25(2,3)4)22(26)21-11-12-28-23(27)32-21/h5-15H,26H2,1-4H3,(H2,27,28,32)(H2,30,31,33). The van der Waals surface area contributed by atoms with Gasteiger partial charge < -0.3 is 22.1 Å². The molecular weight excluding hydrogens is 414 g/mol. The number of urea groups is 1. The molecule has 1 heterocycles. The van der Waals surface area contributed by atoms with Gasteiger partial charge in [-0.3, -0.25) is 4.99 Å². The molecule has 0 saturated carbocycles. The predicted molar refractivity (Wildman–Crippen MR) is 136 cm³/mol. The minimum atomic E-state index is -0.344. The van der Waals surface area contributed by atoms with Gasteiger partial charge in [-0.05, 0) is 69.2 Å². The molecule has 6 N–H and O–H groups in total. The Labute approximate surface area is 193 Å². The number of nitrogens with zero attached hydrogens (tertiary/aromatic N) is 3. The van der Waals surface area contributed by atoms with Gasteiger partial charge in [0.1, 0.15) is 0 Å². The summed E-state index contributed by atoms with van der Waals surface area (Å²) in [7, 11) is 0. The molecule has 3 aromatic rings. The summed E-state index contributed by atoms with van der Waals surface area (Å²) in [5.74, 6) is 0.130. The number of hydrogen-bond acceptors (Lipinski definition) is 6. The zero-order valence-corrected chi connectivity index (χ0v) is 19.3. The Balaban J connectivity index is 1.93. The maximum Gasteiger partial charge on any atom is 0.323 e. The van der Waals surface area contributed by atoms with Crippen molar-refractivity contribution in [1.29, 1.82) is 0 Å². The van der Waals surface area contributed by atoms with Crippen molar-refractivity contribution in [2.24, 2.45) is 10.7 Å². The van der Waals surface area contributed by atoms with Crippen molar-refractivity contribution in [3.63, 3.8) is 0 Å². The molecule has 3 rings (SSSR count). The lowest BCUT2D eigenvalue weighted by atomic mass is 10.0. The predicted octanol–water partition coefficient (Wildman–Crippen LogP) is 4.71. The largest absolute Gasteiger partial charge is 0.396 e. The van der Waals surface area contributed by atoms with Gasteiger partial charge in [-0.25, -0.2) is 14.8 Å². The van der Waals surface area contributed by atoms with Gasteiger partial charge in [-0.2, -0.15) is 0 Å². The molecule has 0 fully saturated rings. The van der Waals surface area contributed by atoms with E-state index >= 15 is 0 Å². The molecule has 0 spiro atoms. The van der Waals surface area contributed by atoms with E-state index in [0.717, 1.165) is 11.1 Å². The van der Waals surface area contributed by atoms with E-state index in [2.05, 4.69) is 25.6 Å². The first-order chi connectivity index (χ1) is 15.6. The molecular formula is C25H29N7O. The Hall–Kier alpha value is -4.20. The number of nitrogens with one attached hydrogen (secondary N) is 2. The van der Waals surface area contributed by atoms with E-state index in [9.17, 15) is 4.79 Å². The van der Waals surface area contributed by atoms with E-state index < -0.39 is 0 Å². The molecule has 8 nitrogen and oxygen atoms in total. The maximum atomic E-state index is 12.5. The molecule has 0 aliphatic rings. The zero-order chi connectivity index (χ0) is 24.0. The highest BCUT2D eigenvalue weighted by atomic mass is 16.2. The van der Waals surface area contributed by atoms with Gasteiger partial charge in [0.15, 0.2) is 0 Å². The van der Waals surface area contributed by atoms with Gasteiger partial charge in [-0.1, -0.05) is 24.3 Å². The van der Waals surface area contributed by atoms with Crippen LogP contribution in [0.3, 0.4) is 0 Å². The Morgan fingerprint density at radius 2 is 1.70 bits per heavy atom. The van der Waals surface area contributed by atoms with E-state index in [4.69, 9.17) is 11.5 Å². The van der Waals surface area contributed by atoms with Crippen LogP contribution in [-0.2, 0) is 0 Å². The van der Waals surface area contributed by atoms with Crippen LogP contribution < -0.4 is 22.1 Å². The molecule has 170 valence electrons. The summed E-state index contributed by atoms with van der Waals surface area (Å²) in [6, 6.07) is 16.3. The van der Waals surface area contributed by atoms with Crippen molar-refractivity contribution < 1.29 is 4.79 Å². The van der Waals surface area contributed by atoms with Crippen LogP contribution in [0.1, 0.15) is 37.6 Å². The van der Waals surface area contributed by atoms with Crippen molar-refractivity contribution in [2.75, 3.05) is 16.4 Å². The fourth-order valence-electron chi connectivity index (χ4n) is 3.00. The summed E-state index contributed by atoms with van der Waals surface area (Å²) < 4.78 is 0. The second-order valence-corrected chi connectivity index (χ2v) is 8.59. The summed E-state index contributed by atoms with van der Waals surface area (Å²) in [5, 5.41) is 5.70. The number of rotatable bonds is 5. The highest BCUT2D eigenvalue weighted by molar-refractivity contribution is 6.19. The fraction of sp³-hybridized carbons (Fsp3) is 0.200. The molecule has 8 heteroatoms. The molecule has 2 aromatic carbocycles. The summed E-state index contributed by atoms with van der Waals surface area (Å²) in [4.78, 5) is 25.3. The molecule has 0 saturated heterocycles. The summed E-state index contributed by atoms with van der Waals surface area (Å²) in [5.41, 5.74) is 16.6. The number of nitrogens with two attached hydrogens (primary N) is 2. The number of benzene rings is 2. The van der Waals surface area contributed by atoms with Crippen molar-refractivity contribution in [2.45, 2.75) is 33.2 Å². The summed E-state index contributed by atoms with van der Waals surface area (Å²) in [6.07, 6.45) is 3.27. The fourth-order valence-corrected chi connectivity index (χ4v) is 3.00. The Bertz CT molecular complexity index is 1210. The first kappa shape index (κ1) is 23.5. The van der Waals surface area contributed by atoms with Gasteiger partial charge in [0.2, 0.25) is 5.95 Å². The second kappa shape index (κ2) is 9.95. The Morgan fingerprint density at radius 1 is 1.03 bits per heavy atom. The number of nitrogen functional groups attached to an aromatic ring is 1. The van der Waals surface area contributed by atoms with Crippen LogP contribution in [0.4, 0.5) is 22.1 Å². The van der Waals surface area contributed by atoms with E-state index in [1.807, 2.05) is 70.2 Å². The zero-order valence-electron chi connectivity index (χ0n) is 19.3. The Morgan fingerprint density at radius 3 is 2.33 bits per heavy atom. The first-order valence-electron chi connectivity index (χ1n) is 10.5. The molecule has 1 aromatic heterocycles. The molecule has 0 atom stereocenters. The van der Waals surface area contributed by atoms with Gasteiger partial charge in [0.25, 0.3) is 0 Å². The highest BCUT2D eigenvalue weighted by Crippen LogP contribution is 2.24. The second-order valence-electron chi connectivity index (χ2n) is 8.59. The topological polar surface area (TPSA) is 131 Å². The third-order valence-electron chi connectivity index (χ3n) is 4.53. The quantitative estimate of drug-likeness (QED) is 0.424. The number of hydrogen-bond donors (Lipinski definition) is 4. The number of aryl methyl sites for hydroxylation is 1. The molecule has 0 bridgehead atoms. The molecule has 2 amide bonds. The minimum Gasteiger partial charge on any atom is -0.396 e. The minimum absolute atomic E-state index is 0.130. The first-order valence-corrected chi connectivity index (χ1v) is 10.5. The third kappa shape index (κ3) is 6.90. The highest BCUT2D eigenvalue weighted by Gasteiger charge is 2.13. The lowest BCUT2D eigenvalue weighted by Gasteiger charge is -2.15. The van der Waals surface area contributed by atoms with Gasteiger partial charge in [0.05, 0.1) is 16.9 Å². The van der Waals surface area contributed by atoms with Gasteiger partial charge in [-0.15, -0.1) is 0 Å². The van der Waals surface area contributed by atoms with Crippen LogP contribution in [0, 0.1) is 6.92 Å². The smallest absolute Gasteiger partial charge is 0.323 e.